The van der Waals surface area contributed by atoms with Crippen LogP contribution in [-0.2, 0) is 25.6 Å². The molecule has 0 aliphatic rings. The smallest absolute Gasteiger partial charge is 0.337 e. The summed E-state index contributed by atoms with van der Waals surface area (Å²) in [6.07, 6.45) is 0. The molecule has 0 fully saturated rings. The highest BCUT2D eigenvalue weighted by molar-refractivity contribution is 5.89. The molecule has 0 saturated heterocycles. The van der Waals surface area contributed by atoms with Crippen LogP contribution >= 0.6 is 0 Å². The average molecular weight is 267 g/mol. The summed E-state index contributed by atoms with van der Waals surface area (Å²) in [5.74, 6) is -0.902. The molecule has 0 radical (unpaired) electrons. The highest BCUT2D eigenvalue weighted by Gasteiger charge is 2.13. The number of esters is 2. The lowest BCUT2D eigenvalue weighted by Crippen LogP contribution is -2.36. The fourth-order valence-electron chi connectivity index (χ4n) is 1.38. The molecule has 0 aliphatic heterocycles. The van der Waals surface area contributed by atoms with Gasteiger partial charge in [-0.3, -0.25) is 4.79 Å². The van der Waals surface area contributed by atoms with Gasteiger partial charge < -0.3 is 19.9 Å². The Balaban J connectivity index is 2.42. The molecule has 0 aromatic heterocycles. The summed E-state index contributed by atoms with van der Waals surface area (Å²) in [6, 6.07) is 5.99. The van der Waals surface area contributed by atoms with Crippen LogP contribution in [0.15, 0.2) is 24.3 Å². The highest BCUT2D eigenvalue weighted by atomic mass is 16.5. The second-order valence-electron chi connectivity index (χ2n) is 3.83. The van der Waals surface area contributed by atoms with Gasteiger partial charge in [-0.15, -0.1) is 0 Å². The third-order valence-corrected chi connectivity index (χ3v) is 2.45. The number of carbonyl (C=O) groups is 2. The quantitative estimate of drug-likeness (QED) is 0.755. The zero-order valence-corrected chi connectivity index (χ0v) is 10.9. The van der Waals surface area contributed by atoms with Gasteiger partial charge in [0.25, 0.3) is 0 Å². The van der Waals surface area contributed by atoms with Gasteiger partial charge in [-0.2, -0.15) is 0 Å². The zero-order chi connectivity index (χ0) is 14.3. The summed E-state index contributed by atoms with van der Waals surface area (Å²) in [5.41, 5.74) is 6.85. The third-order valence-electron chi connectivity index (χ3n) is 2.45. The summed E-state index contributed by atoms with van der Waals surface area (Å²) >= 11 is 0. The van der Waals surface area contributed by atoms with Crippen molar-refractivity contribution in [3.63, 3.8) is 0 Å². The molecule has 6 nitrogen and oxygen atoms in total. The van der Waals surface area contributed by atoms with Crippen LogP contribution in [0.3, 0.4) is 0 Å². The molecule has 0 aliphatic carbocycles. The van der Waals surface area contributed by atoms with E-state index in [1.54, 1.807) is 24.3 Å². The van der Waals surface area contributed by atoms with Gasteiger partial charge in [-0.1, -0.05) is 12.1 Å². The molecule has 0 heterocycles. The molecule has 0 amide bonds. The van der Waals surface area contributed by atoms with Gasteiger partial charge >= 0.3 is 11.9 Å². The van der Waals surface area contributed by atoms with Gasteiger partial charge in [-0.25, -0.2) is 4.79 Å². The number of hydrogen-bond acceptors (Lipinski definition) is 6. The van der Waals surface area contributed by atoms with E-state index in [9.17, 15) is 9.59 Å². The van der Waals surface area contributed by atoms with Gasteiger partial charge in [0.2, 0.25) is 0 Å². The Kier molecular flexibility index (Phi) is 5.98. The number of carbonyl (C=O) groups excluding carboxylic acids is 2. The van der Waals surface area contributed by atoms with Crippen molar-refractivity contribution < 1.29 is 23.8 Å². The molecule has 6 heteroatoms. The Morgan fingerprint density at radius 3 is 2.32 bits per heavy atom. The highest BCUT2D eigenvalue weighted by Crippen LogP contribution is 2.07. The van der Waals surface area contributed by atoms with Crippen molar-refractivity contribution in [1.29, 1.82) is 0 Å². The van der Waals surface area contributed by atoms with Crippen molar-refractivity contribution in [2.24, 2.45) is 5.73 Å². The first-order chi connectivity index (χ1) is 9.08. The van der Waals surface area contributed by atoms with Crippen LogP contribution in [0.2, 0.25) is 0 Å². The fraction of sp³-hybridized carbons (Fsp3) is 0.385. The van der Waals surface area contributed by atoms with Crippen molar-refractivity contribution in [1.82, 2.24) is 0 Å². The number of methoxy groups -OCH3 is 2. The summed E-state index contributed by atoms with van der Waals surface area (Å²) in [4.78, 5) is 22.2. The van der Waals surface area contributed by atoms with E-state index in [1.165, 1.54) is 14.2 Å². The fourth-order valence-corrected chi connectivity index (χ4v) is 1.38. The molecule has 0 bridgehead atoms. The van der Waals surface area contributed by atoms with Crippen LogP contribution in [0, 0.1) is 0 Å². The van der Waals surface area contributed by atoms with Crippen molar-refractivity contribution in [2.45, 2.75) is 12.6 Å². The first-order valence-electron chi connectivity index (χ1n) is 5.67. The van der Waals surface area contributed by atoms with Crippen molar-refractivity contribution in [3.05, 3.63) is 35.4 Å². The standard InChI is InChI=1S/C13H17NO5/c1-17-12(15)10-5-3-9(4-6-10)7-19-8-11(14)13(16)18-2/h3-6,11H,7-8,14H2,1-2H3/t11-/m0/s1. The predicted octanol–water partition coefficient (Wildman–Crippen LogP) is 0.490. The van der Waals surface area contributed by atoms with E-state index in [1.807, 2.05) is 0 Å². The molecule has 1 aromatic carbocycles. The second kappa shape index (κ2) is 7.50. The molecular formula is C13H17NO5. The maximum Gasteiger partial charge on any atom is 0.337 e. The maximum absolute atomic E-state index is 11.2. The zero-order valence-electron chi connectivity index (χ0n) is 10.9. The molecule has 0 saturated carbocycles. The minimum Gasteiger partial charge on any atom is -0.468 e. The van der Waals surface area contributed by atoms with Crippen molar-refractivity contribution >= 4 is 11.9 Å². The lowest BCUT2D eigenvalue weighted by Gasteiger charge is -2.10. The van der Waals surface area contributed by atoms with E-state index in [0.29, 0.717) is 12.2 Å². The summed E-state index contributed by atoms with van der Waals surface area (Å²) in [6.45, 7) is 0.373. The Morgan fingerprint density at radius 1 is 1.16 bits per heavy atom. The Labute approximate surface area is 111 Å². The number of benzene rings is 1. The molecule has 0 unspecified atom stereocenters. The molecule has 104 valence electrons. The maximum atomic E-state index is 11.2. The second-order valence-corrected chi connectivity index (χ2v) is 3.83. The Hall–Kier alpha value is -1.92. The van der Waals surface area contributed by atoms with E-state index in [4.69, 9.17) is 10.5 Å². The van der Waals surface area contributed by atoms with Crippen LogP contribution in [0.5, 0.6) is 0 Å². The first kappa shape index (κ1) is 15.1. The summed E-state index contributed by atoms with van der Waals surface area (Å²) in [7, 11) is 2.60. The minimum atomic E-state index is -0.792. The van der Waals surface area contributed by atoms with Gasteiger partial charge in [0.05, 0.1) is 33.0 Å². The minimum absolute atomic E-state index is 0.0748. The Morgan fingerprint density at radius 2 is 1.79 bits per heavy atom. The van der Waals surface area contributed by atoms with Gasteiger partial charge in [-0.05, 0) is 17.7 Å². The molecule has 19 heavy (non-hydrogen) atoms. The van der Waals surface area contributed by atoms with Crippen molar-refractivity contribution in [2.75, 3.05) is 20.8 Å². The summed E-state index contributed by atoms with van der Waals surface area (Å²) < 4.78 is 14.4. The number of nitrogens with two attached hydrogens (primary N) is 1. The first-order valence-corrected chi connectivity index (χ1v) is 5.67. The van der Waals surface area contributed by atoms with E-state index in [-0.39, 0.29) is 12.6 Å². The van der Waals surface area contributed by atoms with Crippen LogP contribution in [-0.4, -0.2) is 38.8 Å². The normalized spacial score (nSPS) is 11.7. The lowest BCUT2D eigenvalue weighted by atomic mass is 10.1. The summed E-state index contributed by atoms with van der Waals surface area (Å²) in [5, 5.41) is 0. The lowest BCUT2D eigenvalue weighted by molar-refractivity contribution is -0.143. The van der Waals surface area contributed by atoms with Crippen LogP contribution in [0.4, 0.5) is 0 Å². The number of ether oxygens (including phenoxy) is 3. The molecule has 1 aromatic rings. The SMILES string of the molecule is COC(=O)c1ccc(COC[C@H](N)C(=O)OC)cc1. The topological polar surface area (TPSA) is 87.9 Å². The molecular weight excluding hydrogens is 250 g/mol. The molecule has 2 N–H and O–H groups in total. The number of hydrogen-bond donors (Lipinski definition) is 1. The van der Waals surface area contributed by atoms with Crippen LogP contribution in [0.1, 0.15) is 15.9 Å². The van der Waals surface area contributed by atoms with E-state index < -0.39 is 12.0 Å². The third kappa shape index (κ3) is 4.69. The van der Waals surface area contributed by atoms with E-state index >= 15 is 0 Å². The van der Waals surface area contributed by atoms with E-state index in [0.717, 1.165) is 5.56 Å². The van der Waals surface area contributed by atoms with E-state index in [2.05, 4.69) is 9.47 Å². The number of rotatable bonds is 6. The Bertz CT molecular complexity index is 429. The molecule has 1 rings (SSSR count). The van der Waals surface area contributed by atoms with Crippen molar-refractivity contribution in [3.8, 4) is 0 Å². The molecule has 0 spiro atoms. The monoisotopic (exact) mass is 267 g/mol. The largest absolute Gasteiger partial charge is 0.468 e. The predicted molar refractivity (Wildman–Crippen MR) is 67.4 cm³/mol. The van der Waals surface area contributed by atoms with Gasteiger partial charge in [0, 0.05) is 0 Å². The molecule has 1 atom stereocenters. The van der Waals surface area contributed by atoms with Crippen LogP contribution < -0.4 is 5.73 Å². The van der Waals surface area contributed by atoms with Gasteiger partial charge in [0.1, 0.15) is 6.04 Å². The average Bonchev–Trinajstić information content (AvgIpc) is 2.46. The van der Waals surface area contributed by atoms with Crippen LogP contribution in [0.25, 0.3) is 0 Å². The van der Waals surface area contributed by atoms with Gasteiger partial charge in [0.15, 0.2) is 0 Å².